The van der Waals surface area contributed by atoms with Crippen molar-refractivity contribution in [3.63, 3.8) is 0 Å². The Labute approximate surface area is 161 Å². The molecule has 0 bridgehead atoms. The van der Waals surface area contributed by atoms with Gasteiger partial charge < -0.3 is 4.90 Å². The standard InChI is InChI=1S/C17H14Cl2FN3O2S/c18-14-5-4-12(10-15(14)19)26(24,25)23-8-6-22(7-9-23)17-3-1-2-16(20)13(17)11-21/h1-5,10H,6-9H2. The van der Waals surface area contributed by atoms with Crippen LogP contribution in [0.2, 0.25) is 10.0 Å². The van der Waals surface area contributed by atoms with E-state index in [0.717, 1.165) is 0 Å². The van der Waals surface area contributed by atoms with Crippen LogP contribution in [0.15, 0.2) is 41.3 Å². The van der Waals surface area contributed by atoms with E-state index in [1.807, 2.05) is 11.0 Å². The summed E-state index contributed by atoms with van der Waals surface area (Å²) in [6.45, 7) is 1.12. The van der Waals surface area contributed by atoms with Gasteiger partial charge in [-0.2, -0.15) is 9.57 Å². The monoisotopic (exact) mass is 413 g/mol. The summed E-state index contributed by atoms with van der Waals surface area (Å²) in [5.74, 6) is -0.587. The molecule has 0 atom stereocenters. The van der Waals surface area contributed by atoms with E-state index in [1.54, 1.807) is 6.07 Å². The Morgan fingerprint density at radius 1 is 1.04 bits per heavy atom. The van der Waals surface area contributed by atoms with Gasteiger partial charge in [-0.05, 0) is 30.3 Å². The molecule has 0 unspecified atom stereocenters. The lowest BCUT2D eigenvalue weighted by Gasteiger charge is -2.35. The number of nitrogens with zero attached hydrogens (tertiary/aromatic N) is 3. The van der Waals surface area contributed by atoms with E-state index in [-0.39, 0.29) is 33.6 Å². The minimum Gasteiger partial charge on any atom is -0.368 e. The Balaban J connectivity index is 1.79. The fraction of sp³-hybridized carbons (Fsp3) is 0.235. The lowest BCUT2D eigenvalue weighted by Crippen LogP contribution is -2.48. The van der Waals surface area contributed by atoms with Crippen molar-refractivity contribution in [3.8, 4) is 6.07 Å². The van der Waals surface area contributed by atoms with Crippen LogP contribution in [0.5, 0.6) is 0 Å². The number of benzene rings is 2. The lowest BCUT2D eigenvalue weighted by atomic mass is 10.1. The van der Waals surface area contributed by atoms with Crippen molar-refractivity contribution in [2.24, 2.45) is 0 Å². The predicted molar refractivity (Wildman–Crippen MR) is 98.5 cm³/mol. The second-order valence-electron chi connectivity index (χ2n) is 5.71. The molecular weight excluding hydrogens is 400 g/mol. The molecule has 0 saturated carbocycles. The minimum atomic E-state index is -3.71. The normalized spacial score (nSPS) is 15.7. The first kappa shape index (κ1) is 18.9. The highest BCUT2D eigenvalue weighted by molar-refractivity contribution is 7.89. The van der Waals surface area contributed by atoms with Crippen LogP contribution in [0.1, 0.15) is 5.56 Å². The van der Waals surface area contributed by atoms with Crippen molar-refractivity contribution in [2.45, 2.75) is 4.90 Å². The second-order valence-corrected chi connectivity index (χ2v) is 8.47. The molecule has 1 saturated heterocycles. The van der Waals surface area contributed by atoms with E-state index < -0.39 is 15.8 Å². The maximum absolute atomic E-state index is 13.8. The Morgan fingerprint density at radius 3 is 2.35 bits per heavy atom. The van der Waals surface area contributed by atoms with Gasteiger partial charge in [-0.25, -0.2) is 12.8 Å². The smallest absolute Gasteiger partial charge is 0.243 e. The Bertz CT molecular complexity index is 984. The summed E-state index contributed by atoms with van der Waals surface area (Å²) in [5.41, 5.74) is 0.437. The summed E-state index contributed by atoms with van der Waals surface area (Å²) >= 11 is 11.8. The van der Waals surface area contributed by atoms with E-state index in [4.69, 9.17) is 28.5 Å². The topological polar surface area (TPSA) is 64.4 Å². The molecule has 1 fully saturated rings. The first-order chi connectivity index (χ1) is 12.3. The van der Waals surface area contributed by atoms with E-state index in [9.17, 15) is 12.8 Å². The van der Waals surface area contributed by atoms with E-state index in [1.165, 1.54) is 34.6 Å². The highest BCUT2D eigenvalue weighted by Crippen LogP contribution is 2.28. The molecule has 2 aromatic carbocycles. The van der Waals surface area contributed by atoms with Crippen LogP contribution in [0.3, 0.4) is 0 Å². The van der Waals surface area contributed by atoms with E-state index in [0.29, 0.717) is 18.8 Å². The Hall–Kier alpha value is -1.85. The van der Waals surface area contributed by atoms with Crippen LogP contribution in [0, 0.1) is 17.1 Å². The SMILES string of the molecule is N#Cc1c(F)cccc1N1CCN(S(=O)(=O)c2ccc(Cl)c(Cl)c2)CC1. The Kier molecular flexibility index (Phi) is 5.39. The summed E-state index contributed by atoms with van der Waals surface area (Å²) < 4.78 is 40.7. The van der Waals surface area contributed by atoms with Crippen molar-refractivity contribution in [1.82, 2.24) is 4.31 Å². The molecule has 136 valence electrons. The molecule has 1 aliphatic heterocycles. The molecule has 9 heteroatoms. The summed E-state index contributed by atoms with van der Waals surface area (Å²) in [7, 11) is -3.71. The maximum atomic E-state index is 13.8. The fourth-order valence-electron chi connectivity index (χ4n) is 2.84. The molecule has 3 rings (SSSR count). The van der Waals surface area contributed by atoms with E-state index in [2.05, 4.69) is 0 Å². The molecule has 0 aliphatic carbocycles. The molecule has 26 heavy (non-hydrogen) atoms. The zero-order chi connectivity index (χ0) is 18.9. The zero-order valence-electron chi connectivity index (χ0n) is 13.5. The van der Waals surface area contributed by atoms with Crippen LogP contribution in [0.25, 0.3) is 0 Å². The third-order valence-electron chi connectivity index (χ3n) is 4.21. The van der Waals surface area contributed by atoms with Crippen molar-refractivity contribution >= 4 is 38.9 Å². The molecule has 1 heterocycles. The maximum Gasteiger partial charge on any atom is 0.243 e. The number of sulfonamides is 1. The number of hydrogen-bond acceptors (Lipinski definition) is 4. The third kappa shape index (κ3) is 3.51. The lowest BCUT2D eigenvalue weighted by molar-refractivity contribution is 0.384. The largest absolute Gasteiger partial charge is 0.368 e. The summed E-state index contributed by atoms with van der Waals surface area (Å²) in [5, 5.41) is 9.62. The second kappa shape index (κ2) is 7.41. The molecule has 1 aliphatic rings. The van der Waals surface area contributed by atoms with Gasteiger partial charge in [0.15, 0.2) is 0 Å². The summed E-state index contributed by atoms with van der Waals surface area (Å²) in [6, 6.07) is 10.5. The average Bonchev–Trinajstić information content (AvgIpc) is 2.63. The molecule has 0 radical (unpaired) electrons. The van der Waals surface area contributed by atoms with Gasteiger partial charge in [-0.1, -0.05) is 29.3 Å². The predicted octanol–water partition coefficient (Wildman–Crippen LogP) is 3.52. The third-order valence-corrected chi connectivity index (χ3v) is 6.85. The van der Waals surface area contributed by atoms with Gasteiger partial charge in [0.05, 0.1) is 20.6 Å². The van der Waals surface area contributed by atoms with Gasteiger partial charge in [0, 0.05) is 26.2 Å². The van der Waals surface area contributed by atoms with Gasteiger partial charge in [0.1, 0.15) is 17.4 Å². The van der Waals surface area contributed by atoms with Crippen molar-refractivity contribution in [3.05, 3.63) is 57.8 Å². The number of nitriles is 1. The van der Waals surface area contributed by atoms with Gasteiger partial charge in [0.2, 0.25) is 10.0 Å². The summed E-state index contributed by atoms with van der Waals surface area (Å²) in [4.78, 5) is 1.88. The molecular formula is C17H14Cl2FN3O2S. The van der Waals surface area contributed by atoms with Crippen molar-refractivity contribution < 1.29 is 12.8 Å². The van der Waals surface area contributed by atoms with Crippen LogP contribution < -0.4 is 4.90 Å². The van der Waals surface area contributed by atoms with Crippen molar-refractivity contribution in [2.75, 3.05) is 31.1 Å². The number of piperazine rings is 1. The zero-order valence-corrected chi connectivity index (χ0v) is 15.8. The van der Waals surface area contributed by atoms with Crippen LogP contribution in [-0.4, -0.2) is 38.9 Å². The first-order valence-electron chi connectivity index (χ1n) is 7.73. The van der Waals surface area contributed by atoms with Crippen LogP contribution in [0.4, 0.5) is 10.1 Å². The highest BCUT2D eigenvalue weighted by Gasteiger charge is 2.30. The number of rotatable bonds is 3. The highest BCUT2D eigenvalue weighted by atomic mass is 35.5. The summed E-state index contributed by atoms with van der Waals surface area (Å²) in [6.07, 6.45) is 0. The van der Waals surface area contributed by atoms with Crippen LogP contribution >= 0.6 is 23.2 Å². The average molecular weight is 414 g/mol. The van der Waals surface area contributed by atoms with Gasteiger partial charge in [-0.3, -0.25) is 0 Å². The molecule has 2 aromatic rings. The van der Waals surface area contributed by atoms with E-state index >= 15 is 0 Å². The molecule has 0 aromatic heterocycles. The molecule has 0 N–H and O–H groups in total. The molecule has 0 amide bonds. The van der Waals surface area contributed by atoms with Crippen LogP contribution in [-0.2, 0) is 10.0 Å². The van der Waals surface area contributed by atoms with Crippen molar-refractivity contribution in [1.29, 1.82) is 5.26 Å². The number of anilines is 1. The van der Waals surface area contributed by atoms with Gasteiger partial charge in [-0.15, -0.1) is 0 Å². The fourth-order valence-corrected chi connectivity index (χ4v) is 4.65. The number of halogens is 3. The quantitative estimate of drug-likeness (QED) is 0.771. The van der Waals surface area contributed by atoms with Gasteiger partial charge in [0.25, 0.3) is 0 Å². The first-order valence-corrected chi connectivity index (χ1v) is 9.93. The molecule has 5 nitrogen and oxygen atoms in total. The van der Waals surface area contributed by atoms with Gasteiger partial charge >= 0.3 is 0 Å². The molecule has 0 spiro atoms. The Morgan fingerprint density at radius 2 is 1.73 bits per heavy atom. The minimum absolute atomic E-state index is 0.0340. The number of hydrogen-bond donors (Lipinski definition) is 0.